The third kappa shape index (κ3) is 3.21. The van der Waals surface area contributed by atoms with Crippen LogP contribution >= 0.6 is 0 Å². The third-order valence-corrected chi connectivity index (χ3v) is 1.28. The molecule has 0 aromatic rings. The first-order valence-electron chi connectivity index (χ1n) is 3.79. The number of amides is 2. The van der Waals surface area contributed by atoms with Gasteiger partial charge >= 0.3 is 0 Å². The zero-order valence-electron chi connectivity index (χ0n) is 6.89. The standard InChI is InChI=1S/C5H6BNO2.C2H6.H2/c6-3-1-2-4(8)7-5(3)9;1-2;/h3H,1-2H2,(H,7,8,9);1-2H3;1H. The van der Waals surface area contributed by atoms with Crippen LogP contribution in [0.25, 0.3) is 0 Å². The van der Waals surface area contributed by atoms with Crippen molar-refractivity contribution < 1.29 is 11.0 Å². The highest BCUT2D eigenvalue weighted by atomic mass is 16.2. The smallest absolute Gasteiger partial charge is 0.226 e. The highest BCUT2D eigenvalue weighted by Gasteiger charge is 2.21. The maximum atomic E-state index is 10.5. The van der Waals surface area contributed by atoms with Gasteiger partial charge in [0, 0.05) is 13.7 Å². The van der Waals surface area contributed by atoms with Crippen LogP contribution in [0.15, 0.2) is 0 Å². The fraction of sp³-hybridized carbons (Fsp3) is 0.714. The Balaban J connectivity index is 0. The molecule has 0 saturated carbocycles. The fourth-order valence-corrected chi connectivity index (χ4v) is 0.710. The van der Waals surface area contributed by atoms with E-state index in [0.717, 1.165) is 0 Å². The molecule has 2 amide bonds. The molecule has 1 aliphatic heterocycles. The maximum Gasteiger partial charge on any atom is 0.226 e. The molecule has 1 aliphatic rings. The van der Waals surface area contributed by atoms with Crippen molar-refractivity contribution in [2.45, 2.75) is 32.5 Å². The number of piperidine rings is 1. The molecule has 1 unspecified atom stereocenters. The Bertz CT molecular complexity index is 163. The zero-order valence-corrected chi connectivity index (χ0v) is 6.89. The second-order valence-electron chi connectivity index (χ2n) is 2.06. The minimum atomic E-state index is -0.484. The fourth-order valence-electron chi connectivity index (χ4n) is 0.710. The molecule has 0 aromatic heterocycles. The zero-order chi connectivity index (χ0) is 8.85. The number of imide groups is 1. The van der Waals surface area contributed by atoms with E-state index in [9.17, 15) is 9.59 Å². The van der Waals surface area contributed by atoms with Gasteiger partial charge in [0.1, 0.15) is 0 Å². The van der Waals surface area contributed by atoms with E-state index in [2.05, 4.69) is 5.32 Å². The van der Waals surface area contributed by atoms with E-state index in [0.29, 0.717) is 12.8 Å². The summed E-state index contributed by atoms with van der Waals surface area (Å²) in [7, 11) is 5.28. The molecule has 1 fully saturated rings. The Hall–Kier alpha value is -0.795. The first-order valence-corrected chi connectivity index (χ1v) is 3.79. The van der Waals surface area contributed by atoms with Crippen molar-refractivity contribution in [2.75, 3.05) is 0 Å². The molecule has 0 spiro atoms. The van der Waals surface area contributed by atoms with Crippen molar-refractivity contribution in [1.29, 1.82) is 0 Å². The summed E-state index contributed by atoms with van der Waals surface area (Å²) in [5.41, 5.74) is 0. The Morgan fingerprint density at radius 1 is 1.55 bits per heavy atom. The van der Waals surface area contributed by atoms with Crippen LogP contribution in [0.4, 0.5) is 0 Å². The number of rotatable bonds is 0. The van der Waals surface area contributed by atoms with Crippen LogP contribution in [0.5, 0.6) is 0 Å². The van der Waals surface area contributed by atoms with Crippen LogP contribution in [0.1, 0.15) is 28.1 Å². The van der Waals surface area contributed by atoms with E-state index < -0.39 is 5.82 Å². The van der Waals surface area contributed by atoms with Crippen LogP contribution in [0.3, 0.4) is 0 Å². The average molecular weight is 155 g/mol. The van der Waals surface area contributed by atoms with Crippen molar-refractivity contribution >= 4 is 19.7 Å². The predicted molar refractivity (Wildman–Crippen MR) is 45.3 cm³/mol. The molecule has 1 saturated heterocycles. The Morgan fingerprint density at radius 2 is 2.09 bits per heavy atom. The van der Waals surface area contributed by atoms with Crippen LogP contribution in [0, 0.1) is 0 Å². The quantitative estimate of drug-likeness (QED) is 0.412. The number of nitrogens with one attached hydrogen (secondary N) is 1. The molecule has 3 nitrogen and oxygen atoms in total. The largest absolute Gasteiger partial charge is 0.297 e. The van der Waals surface area contributed by atoms with Gasteiger partial charge in [-0.2, -0.15) is 0 Å². The lowest BCUT2D eigenvalue weighted by atomic mass is 9.81. The van der Waals surface area contributed by atoms with Crippen molar-refractivity contribution in [1.82, 2.24) is 5.32 Å². The van der Waals surface area contributed by atoms with Crippen LogP contribution < -0.4 is 5.32 Å². The maximum absolute atomic E-state index is 10.5. The van der Waals surface area contributed by atoms with Gasteiger partial charge in [0.25, 0.3) is 0 Å². The van der Waals surface area contributed by atoms with E-state index in [4.69, 9.17) is 7.85 Å². The summed E-state index contributed by atoms with van der Waals surface area (Å²) in [5, 5.41) is 2.13. The lowest BCUT2D eigenvalue weighted by molar-refractivity contribution is -0.132. The normalized spacial score (nSPS) is 23.3. The van der Waals surface area contributed by atoms with Gasteiger partial charge < -0.3 is 0 Å². The number of hydrogen-bond acceptors (Lipinski definition) is 2. The number of hydrogen-bond donors (Lipinski definition) is 1. The molecule has 4 heteroatoms. The van der Waals surface area contributed by atoms with E-state index >= 15 is 0 Å². The molecular formula is C7H14BNO2. The lowest BCUT2D eigenvalue weighted by Crippen LogP contribution is -2.38. The second-order valence-corrected chi connectivity index (χ2v) is 2.06. The molecule has 1 rings (SSSR count). The average Bonchev–Trinajstić information content (AvgIpc) is 2.02. The van der Waals surface area contributed by atoms with Crippen LogP contribution in [0.2, 0.25) is 5.82 Å². The summed E-state index contributed by atoms with van der Waals surface area (Å²) in [5.74, 6) is -1.06. The highest BCUT2D eigenvalue weighted by molar-refractivity contribution is 6.26. The summed E-state index contributed by atoms with van der Waals surface area (Å²) in [6.45, 7) is 4.00. The summed E-state index contributed by atoms with van der Waals surface area (Å²) in [6, 6.07) is 0. The van der Waals surface area contributed by atoms with Crippen molar-refractivity contribution in [3.8, 4) is 0 Å². The first kappa shape index (κ1) is 10.2. The summed E-state index contributed by atoms with van der Waals surface area (Å²) < 4.78 is 0. The van der Waals surface area contributed by atoms with Gasteiger partial charge in [-0.1, -0.05) is 13.8 Å². The van der Waals surface area contributed by atoms with E-state index in [1.165, 1.54) is 0 Å². The van der Waals surface area contributed by atoms with Crippen LogP contribution in [-0.2, 0) is 9.59 Å². The SMILES string of the molecule is CC.[B]C1CCC(=O)NC1=O.[HH]. The summed E-state index contributed by atoms with van der Waals surface area (Å²) in [4.78, 5) is 21.0. The lowest BCUT2D eigenvalue weighted by Gasteiger charge is -2.16. The van der Waals surface area contributed by atoms with Crippen molar-refractivity contribution in [3.05, 3.63) is 0 Å². The number of carbonyl (C=O) groups is 2. The second kappa shape index (κ2) is 4.94. The molecule has 0 aliphatic carbocycles. The third-order valence-electron chi connectivity index (χ3n) is 1.28. The molecule has 1 atom stereocenters. The highest BCUT2D eigenvalue weighted by Crippen LogP contribution is 2.12. The molecule has 11 heavy (non-hydrogen) atoms. The topological polar surface area (TPSA) is 46.2 Å². The van der Waals surface area contributed by atoms with Gasteiger partial charge in [-0.15, -0.1) is 0 Å². The van der Waals surface area contributed by atoms with Gasteiger partial charge in [0.05, 0.1) is 7.85 Å². The molecule has 62 valence electrons. The van der Waals surface area contributed by atoms with E-state index in [1.807, 2.05) is 13.8 Å². The first-order chi connectivity index (χ1) is 5.20. The minimum Gasteiger partial charge on any atom is -0.297 e. The Morgan fingerprint density at radius 3 is 2.45 bits per heavy atom. The monoisotopic (exact) mass is 155 g/mol. The van der Waals surface area contributed by atoms with Gasteiger partial charge in [0.15, 0.2) is 0 Å². The van der Waals surface area contributed by atoms with Crippen molar-refractivity contribution in [3.63, 3.8) is 0 Å². The number of carbonyl (C=O) groups excluding carboxylic acids is 2. The minimum absolute atomic E-state index is 0. The van der Waals surface area contributed by atoms with Gasteiger partial charge in [0.2, 0.25) is 11.8 Å². The van der Waals surface area contributed by atoms with Gasteiger partial charge in [-0.3, -0.25) is 14.9 Å². The molecule has 2 radical (unpaired) electrons. The van der Waals surface area contributed by atoms with Gasteiger partial charge in [-0.25, -0.2) is 0 Å². The molecule has 0 aromatic carbocycles. The van der Waals surface area contributed by atoms with E-state index in [-0.39, 0.29) is 13.2 Å². The van der Waals surface area contributed by atoms with Crippen LogP contribution in [-0.4, -0.2) is 19.7 Å². The Kier molecular flexibility index (Phi) is 4.58. The summed E-state index contributed by atoms with van der Waals surface area (Å²) >= 11 is 0. The molecule has 1 heterocycles. The van der Waals surface area contributed by atoms with Crippen molar-refractivity contribution in [2.24, 2.45) is 0 Å². The molecule has 1 N–H and O–H groups in total. The van der Waals surface area contributed by atoms with Gasteiger partial charge in [-0.05, 0) is 6.42 Å². The molecule has 0 bridgehead atoms. The Labute approximate surface area is 69.4 Å². The summed E-state index contributed by atoms with van der Waals surface area (Å²) in [6.07, 6.45) is 0.845. The predicted octanol–water partition coefficient (Wildman–Crippen LogP) is 0.652. The van der Waals surface area contributed by atoms with E-state index in [1.54, 1.807) is 0 Å². The molecular weight excluding hydrogens is 141 g/mol.